The Hall–Kier alpha value is -0.860. The molecule has 1 aromatic carbocycles. The monoisotopic (exact) mass is 233 g/mol. The van der Waals surface area contributed by atoms with Gasteiger partial charge in [-0.3, -0.25) is 0 Å². The van der Waals surface area contributed by atoms with E-state index in [4.69, 9.17) is 4.74 Å². The van der Waals surface area contributed by atoms with Gasteiger partial charge in [0.25, 0.3) is 0 Å². The highest BCUT2D eigenvalue weighted by Crippen LogP contribution is 2.19. The topological polar surface area (TPSA) is 21.3 Å². The fourth-order valence-corrected chi connectivity index (χ4v) is 2.48. The molecular formula is C15H23NO. The Balaban J connectivity index is 1.84. The lowest BCUT2D eigenvalue weighted by atomic mass is 9.98. The zero-order valence-corrected chi connectivity index (χ0v) is 10.9. The fourth-order valence-electron chi connectivity index (χ4n) is 2.48. The van der Waals surface area contributed by atoms with Gasteiger partial charge in [0.1, 0.15) is 0 Å². The molecule has 1 fully saturated rings. The molecule has 2 rings (SSSR count). The van der Waals surface area contributed by atoms with E-state index in [0.29, 0.717) is 6.04 Å². The summed E-state index contributed by atoms with van der Waals surface area (Å²) >= 11 is 0. The molecule has 1 N–H and O–H groups in total. The molecule has 0 aromatic heterocycles. The molecule has 1 aliphatic heterocycles. The van der Waals surface area contributed by atoms with Crippen molar-refractivity contribution in [3.05, 3.63) is 35.4 Å². The first-order valence-electron chi connectivity index (χ1n) is 6.64. The van der Waals surface area contributed by atoms with Crippen LogP contribution in [0, 0.1) is 12.8 Å². The lowest BCUT2D eigenvalue weighted by molar-refractivity contribution is 0.0656. The van der Waals surface area contributed by atoms with Crippen LogP contribution in [0.1, 0.15) is 36.9 Å². The van der Waals surface area contributed by atoms with Gasteiger partial charge in [-0.15, -0.1) is 0 Å². The summed E-state index contributed by atoms with van der Waals surface area (Å²) in [5.74, 6) is 0.787. The van der Waals surface area contributed by atoms with E-state index < -0.39 is 0 Å². The maximum absolute atomic E-state index is 5.38. The van der Waals surface area contributed by atoms with E-state index in [-0.39, 0.29) is 0 Å². The summed E-state index contributed by atoms with van der Waals surface area (Å²) in [6.07, 6.45) is 2.40. The van der Waals surface area contributed by atoms with Crippen LogP contribution >= 0.6 is 0 Å². The van der Waals surface area contributed by atoms with Gasteiger partial charge in [-0.05, 0) is 50.3 Å². The van der Waals surface area contributed by atoms with Crippen LogP contribution in [-0.2, 0) is 4.74 Å². The Kier molecular flexibility index (Phi) is 4.57. The molecule has 0 unspecified atom stereocenters. The van der Waals surface area contributed by atoms with Crippen LogP contribution in [0.4, 0.5) is 0 Å². The summed E-state index contributed by atoms with van der Waals surface area (Å²) in [6.45, 7) is 7.42. The van der Waals surface area contributed by atoms with E-state index in [0.717, 1.165) is 25.7 Å². The minimum Gasteiger partial charge on any atom is -0.381 e. The molecular weight excluding hydrogens is 210 g/mol. The maximum Gasteiger partial charge on any atom is 0.0469 e. The van der Waals surface area contributed by atoms with Gasteiger partial charge in [0.15, 0.2) is 0 Å². The van der Waals surface area contributed by atoms with Gasteiger partial charge in [0, 0.05) is 19.3 Å². The Labute approximate surface area is 104 Å². The van der Waals surface area contributed by atoms with Crippen molar-refractivity contribution >= 4 is 0 Å². The third-order valence-corrected chi connectivity index (χ3v) is 3.71. The molecule has 0 amide bonds. The number of benzene rings is 1. The highest BCUT2D eigenvalue weighted by molar-refractivity contribution is 5.28. The third-order valence-electron chi connectivity index (χ3n) is 3.71. The summed E-state index contributed by atoms with van der Waals surface area (Å²) in [5.41, 5.74) is 2.79. The summed E-state index contributed by atoms with van der Waals surface area (Å²) in [4.78, 5) is 0. The van der Waals surface area contributed by atoms with E-state index in [1.165, 1.54) is 24.0 Å². The van der Waals surface area contributed by atoms with Crippen LogP contribution in [0.25, 0.3) is 0 Å². The molecule has 2 nitrogen and oxygen atoms in total. The second kappa shape index (κ2) is 6.18. The first-order valence-corrected chi connectivity index (χ1v) is 6.64. The van der Waals surface area contributed by atoms with Gasteiger partial charge in [-0.25, -0.2) is 0 Å². The fraction of sp³-hybridized carbons (Fsp3) is 0.600. The minimum absolute atomic E-state index is 0.444. The number of aryl methyl sites for hydroxylation is 1. The Morgan fingerprint density at radius 3 is 2.71 bits per heavy atom. The van der Waals surface area contributed by atoms with E-state index >= 15 is 0 Å². The number of rotatable bonds is 4. The Morgan fingerprint density at radius 1 is 1.29 bits per heavy atom. The first kappa shape index (κ1) is 12.6. The van der Waals surface area contributed by atoms with Crippen LogP contribution < -0.4 is 5.32 Å². The largest absolute Gasteiger partial charge is 0.381 e. The zero-order chi connectivity index (χ0) is 12.1. The van der Waals surface area contributed by atoms with Crippen LogP contribution in [0.15, 0.2) is 24.3 Å². The molecule has 17 heavy (non-hydrogen) atoms. The average molecular weight is 233 g/mol. The predicted molar refractivity (Wildman–Crippen MR) is 71.1 cm³/mol. The van der Waals surface area contributed by atoms with Gasteiger partial charge >= 0.3 is 0 Å². The van der Waals surface area contributed by atoms with E-state index in [2.05, 4.69) is 43.4 Å². The van der Waals surface area contributed by atoms with Crippen molar-refractivity contribution in [3.63, 3.8) is 0 Å². The smallest absolute Gasteiger partial charge is 0.0469 e. The maximum atomic E-state index is 5.38. The second-order valence-electron chi connectivity index (χ2n) is 5.04. The number of hydrogen-bond acceptors (Lipinski definition) is 2. The molecule has 0 bridgehead atoms. The highest BCUT2D eigenvalue weighted by atomic mass is 16.5. The zero-order valence-electron chi connectivity index (χ0n) is 10.9. The summed E-state index contributed by atoms with van der Waals surface area (Å²) in [5, 5.41) is 3.65. The molecule has 1 heterocycles. The first-order chi connectivity index (χ1) is 8.27. The molecule has 0 saturated carbocycles. The number of ether oxygens (including phenoxy) is 1. The van der Waals surface area contributed by atoms with Crippen LogP contribution in [0.3, 0.4) is 0 Å². The van der Waals surface area contributed by atoms with Gasteiger partial charge in [0.2, 0.25) is 0 Å². The summed E-state index contributed by atoms with van der Waals surface area (Å²) in [6, 6.07) is 9.07. The average Bonchev–Trinajstić information content (AvgIpc) is 2.38. The third kappa shape index (κ3) is 3.55. The predicted octanol–water partition coefficient (Wildman–Crippen LogP) is 3.07. The molecule has 94 valence electrons. The highest BCUT2D eigenvalue weighted by Gasteiger charge is 2.15. The van der Waals surface area contributed by atoms with E-state index in [9.17, 15) is 0 Å². The van der Waals surface area contributed by atoms with Gasteiger partial charge in [-0.1, -0.05) is 24.3 Å². The SMILES string of the molecule is Cc1ccccc1[C@@H](C)NCC1CCOCC1. The van der Waals surface area contributed by atoms with Crippen molar-refractivity contribution in [3.8, 4) is 0 Å². The lowest BCUT2D eigenvalue weighted by Gasteiger charge is -2.25. The quantitative estimate of drug-likeness (QED) is 0.863. The molecule has 0 radical (unpaired) electrons. The number of nitrogens with one attached hydrogen (secondary N) is 1. The van der Waals surface area contributed by atoms with E-state index in [1.54, 1.807) is 0 Å². The van der Waals surface area contributed by atoms with Crippen molar-refractivity contribution < 1.29 is 4.74 Å². The van der Waals surface area contributed by atoms with Crippen molar-refractivity contribution in [1.29, 1.82) is 0 Å². The van der Waals surface area contributed by atoms with Crippen LogP contribution in [0.5, 0.6) is 0 Å². The van der Waals surface area contributed by atoms with Crippen molar-refractivity contribution in [1.82, 2.24) is 5.32 Å². The molecule has 1 atom stereocenters. The Bertz CT molecular complexity index is 345. The van der Waals surface area contributed by atoms with Crippen molar-refractivity contribution in [2.75, 3.05) is 19.8 Å². The summed E-state index contributed by atoms with van der Waals surface area (Å²) < 4.78 is 5.38. The molecule has 2 heteroatoms. The van der Waals surface area contributed by atoms with Gasteiger partial charge < -0.3 is 10.1 Å². The van der Waals surface area contributed by atoms with E-state index in [1.807, 2.05) is 0 Å². The molecule has 0 spiro atoms. The van der Waals surface area contributed by atoms with Gasteiger partial charge in [-0.2, -0.15) is 0 Å². The Morgan fingerprint density at radius 2 is 2.00 bits per heavy atom. The lowest BCUT2D eigenvalue weighted by Crippen LogP contribution is -2.29. The molecule has 1 aliphatic rings. The van der Waals surface area contributed by atoms with Crippen molar-refractivity contribution in [2.24, 2.45) is 5.92 Å². The molecule has 0 aliphatic carbocycles. The number of hydrogen-bond donors (Lipinski definition) is 1. The minimum atomic E-state index is 0.444. The second-order valence-corrected chi connectivity index (χ2v) is 5.04. The molecule has 1 saturated heterocycles. The standard InChI is InChI=1S/C15H23NO/c1-12-5-3-4-6-15(12)13(2)16-11-14-7-9-17-10-8-14/h3-6,13-14,16H,7-11H2,1-2H3/t13-/m1/s1. The summed E-state index contributed by atoms with van der Waals surface area (Å²) in [7, 11) is 0. The molecule has 1 aromatic rings. The van der Waals surface area contributed by atoms with Gasteiger partial charge in [0.05, 0.1) is 0 Å². The normalized spacial score (nSPS) is 19.2. The van der Waals surface area contributed by atoms with Crippen molar-refractivity contribution in [2.45, 2.75) is 32.7 Å². The van der Waals surface area contributed by atoms with Crippen LogP contribution in [-0.4, -0.2) is 19.8 Å². The van der Waals surface area contributed by atoms with Crippen LogP contribution in [0.2, 0.25) is 0 Å².